The van der Waals surface area contributed by atoms with Crippen molar-refractivity contribution < 1.29 is 19.1 Å². The van der Waals surface area contributed by atoms with Gasteiger partial charge in [0.1, 0.15) is 11.6 Å². The summed E-state index contributed by atoms with van der Waals surface area (Å²) in [4.78, 5) is 40.4. The van der Waals surface area contributed by atoms with Gasteiger partial charge in [0.15, 0.2) is 5.12 Å². The Morgan fingerprint density at radius 1 is 1.21 bits per heavy atom. The number of unbranched alkanes of at least 4 members (excludes halogenated alkanes) is 1. The third kappa shape index (κ3) is 10.6. The lowest BCUT2D eigenvalue weighted by molar-refractivity contribution is -0.159. The van der Waals surface area contributed by atoms with Crippen LogP contribution < -0.4 is 5.32 Å². The molecule has 0 saturated heterocycles. The van der Waals surface area contributed by atoms with Gasteiger partial charge in [-0.05, 0) is 51.3 Å². The zero-order valence-electron chi connectivity index (χ0n) is 16.4. The number of carbonyl (C=O) groups is 3. The molecule has 9 heteroatoms. The predicted octanol–water partition coefficient (Wildman–Crippen LogP) is 4.00. The minimum atomic E-state index is -1.05. The third-order valence-electron chi connectivity index (χ3n) is 3.35. The molecule has 0 aliphatic carbocycles. The van der Waals surface area contributed by atoms with Gasteiger partial charge in [0.2, 0.25) is 5.91 Å². The fraction of sp³-hybridized carbons (Fsp3) is 0.526. The van der Waals surface area contributed by atoms with Crippen molar-refractivity contribution in [1.82, 2.24) is 5.32 Å². The number of benzene rings is 1. The smallest absolute Gasteiger partial charge is 0.329 e. The summed E-state index contributed by atoms with van der Waals surface area (Å²) in [6.45, 7) is 5.48. The van der Waals surface area contributed by atoms with E-state index in [1.807, 2.05) is 18.2 Å². The van der Waals surface area contributed by atoms with Gasteiger partial charge < -0.3 is 10.1 Å². The fourth-order valence-electron chi connectivity index (χ4n) is 2.17. The van der Waals surface area contributed by atoms with Gasteiger partial charge in [0.25, 0.3) is 0 Å². The molecule has 0 aromatic heterocycles. The van der Waals surface area contributed by atoms with E-state index in [4.69, 9.17) is 10.3 Å². The van der Waals surface area contributed by atoms with Crippen molar-refractivity contribution in [2.75, 3.05) is 6.54 Å². The number of nitrogens with zero attached hydrogens (tertiary/aromatic N) is 3. The van der Waals surface area contributed by atoms with Crippen molar-refractivity contribution in [3.8, 4) is 0 Å². The van der Waals surface area contributed by atoms with Gasteiger partial charge in [0.05, 0.1) is 0 Å². The van der Waals surface area contributed by atoms with Gasteiger partial charge in [-0.2, -0.15) is 0 Å². The highest BCUT2D eigenvalue weighted by atomic mass is 32.2. The van der Waals surface area contributed by atoms with Crippen LogP contribution >= 0.6 is 11.8 Å². The zero-order valence-corrected chi connectivity index (χ0v) is 17.2. The predicted molar refractivity (Wildman–Crippen MR) is 108 cm³/mol. The second-order valence-corrected chi connectivity index (χ2v) is 8.19. The Morgan fingerprint density at radius 2 is 1.89 bits per heavy atom. The SMILES string of the molecule is CC(C)(C)OC(=O)[C@H](CC(=O)Sc1ccccc1)NC(=O)CCCCN=[N+]=[N-]. The van der Waals surface area contributed by atoms with E-state index in [-0.39, 0.29) is 23.9 Å². The molecular weight excluding hydrogens is 380 g/mol. The number of nitrogens with one attached hydrogen (secondary N) is 1. The molecule has 0 bridgehead atoms. The Hall–Kier alpha value is -2.51. The lowest BCUT2D eigenvalue weighted by Crippen LogP contribution is -2.45. The maximum atomic E-state index is 12.4. The lowest BCUT2D eigenvalue weighted by Gasteiger charge is -2.24. The van der Waals surface area contributed by atoms with Crippen LogP contribution in [0.1, 0.15) is 46.5 Å². The van der Waals surface area contributed by atoms with Crippen LogP contribution in [0.2, 0.25) is 0 Å². The number of hydrogen-bond donors (Lipinski definition) is 1. The molecule has 0 radical (unpaired) electrons. The van der Waals surface area contributed by atoms with Crippen molar-refractivity contribution >= 4 is 28.8 Å². The highest BCUT2D eigenvalue weighted by Crippen LogP contribution is 2.21. The maximum absolute atomic E-state index is 12.4. The maximum Gasteiger partial charge on any atom is 0.329 e. The Bertz CT molecular complexity index is 712. The molecule has 1 N–H and O–H groups in total. The molecule has 1 aromatic carbocycles. The molecule has 28 heavy (non-hydrogen) atoms. The summed E-state index contributed by atoms with van der Waals surface area (Å²) in [7, 11) is 0. The van der Waals surface area contributed by atoms with Crippen LogP contribution in [0.5, 0.6) is 0 Å². The Balaban J connectivity index is 2.67. The van der Waals surface area contributed by atoms with E-state index in [2.05, 4.69) is 15.3 Å². The van der Waals surface area contributed by atoms with E-state index in [1.54, 1.807) is 32.9 Å². The summed E-state index contributed by atoms with van der Waals surface area (Å²) in [6, 6.07) is 8.03. The molecule has 0 unspecified atom stereocenters. The number of rotatable bonds is 10. The molecule has 8 nitrogen and oxygen atoms in total. The first-order valence-corrected chi connectivity index (χ1v) is 9.81. The van der Waals surface area contributed by atoms with Gasteiger partial charge in [-0.25, -0.2) is 4.79 Å². The summed E-state index contributed by atoms with van der Waals surface area (Å²) in [5.74, 6) is -0.994. The van der Waals surface area contributed by atoms with E-state index in [1.165, 1.54) is 0 Å². The molecule has 152 valence electrons. The van der Waals surface area contributed by atoms with E-state index in [9.17, 15) is 14.4 Å². The molecule has 1 atom stereocenters. The molecule has 1 aromatic rings. The highest BCUT2D eigenvalue weighted by Gasteiger charge is 2.29. The summed E-state index contributed by atoms with van der Waals surface area (Å²) >= 11 is 1.02. The van der Waals surface area contributed by atoms with Crippen molar-refractivity contribution in [1.29, 1.82) is 0 Å². The monoisotopic (exact) mass is 406 g/mol. The number of esters is 1. The number of thioether (sulfide) groups is 1. The van der Waals surface area contributed by atoms with Crippen LogP contribution in [-0.4, -0.2) is 35.2 Å². The van der Waals surface area contributed by atoms with Crippen LogP contribution in [-0.2, 0) is 19.1 Å². The Morgan fingerprint density at radius 3 is 2.50 bits per heavy atom. The first kappa shape index (κ1) is 23.5. The molecule has 1 rings (SSSR count). The van der Waals surface area contributed by atoms with Crippen LogP contribution in [0, 0.1) is 0 Å². The molecule has 0 saturated carbocycles. The summed E-state index contributed by atoms with van der Waals surface area (Å²) in [5.41, 5.74) is 7.50. The first-order chi connectivity index (χ1) is 13.2. The minimum absolute atomic E-state index is 0.167. The number of ether oxygens (including phenoxy) is 1. The Kier molecular flexibility index (Phi) is 10.1. The van der Waals surface area contributed by atoms with Crippen molar-refractivity contribution in [2.24, 2.45) is 5.11 Å². The standard InChI is InChI=1S/C19H26N4O4S/c1-19(2,3)27-18(26)15(22-16(24)11-7-8-12-21-23-20)13-17(25)28-14-9-5-4-6-10-14/h4-6,9-10,15H,7-8,11-13H2,1-3H3,(H,22,24)/t15-/m0/s1. The van der Waals surface area contributed by atoms with Gasteiger partial charge in [-0.1, -0.05) is 35.1 Å². The molecule has 0 heterocycles. The van der Waals surface area contributed by atoms with E-state index in [0.29, 0.717) is 19.4 Å². The van der Waals surface area contributed by atoms with E-state index >= 15 is 0 Å². The second-order valence-electron chi connectivity index (χ2n) is 7.06. The largest absolute Gasteiger partial charge is 0.458 e. The van der Waals surface area contributed by atoms with Gasteiger partial charge in [-0.3, -0.25) is 9.59 Å². The lowest BCUT2D eigenvalue weighted by atomic mass is 10.1. The van der Waals surface area contributed by atoms with Crippen LogP contribution in [0.4, 0.5) is 0 Å². The van der Waals surface area contributed by atoms with E-state index in [0.717, 1.165) is 16.7 Å². The molecule has 1 amide bonds. The minimum Gasteiger partial charge on any atom is -0.458 e. The van der Waals surface area contributed by atoms with Crippen LogP contribution in [0.25, 0.3) is 10.4 Å². The Labute approximate surface area is 169 Å². The number of azide groups is 1. The van der Waals surface area contributed by atoms with Crippen LogP contribution in [0.15, 0.2) is 40.3 Å². The summed E-state index contributed by atoms with van der Waals surface area (Å²) in [6.07, 6.45) is 1.08. The second kappa shape index (κ2) is 12.0. The zero-order chi connectivity index (χ0) is 21.0. The normalized spacial score (nSPS) is 11.8. The van der Waals surface area contributed by atoms with Gasteiger partial charge in [-0.15, -0.1) is 0 Å². The van der Waals surface area contributed by atoms with Crippen molar-refractivity contribution in [3.63, 3.8) is 0 Å². The highest BCUT2D eigenvalue weighted by molar-refractivity contribution is 8.13. The number of carbonyl (C=O) groups excluding carboxylic acids is 3. The van der Waals surface area contributed by atoms with E-state index < -0.39 is 17.6 Å². The fourth-order valence-corrected chi connectivity index (χ4v) is 2.98. The average Bonchev–Trinajstić information content (AvgIpc) is 2.60. The first-order valence-electron chi connectivity index (χ1n) is 9.00. The molecule has 0 aliphatic heterocycles. The third-order valence-corrected chi connectivity index (χ3v) is 4.25. The number of amides is 1. The van der Waals surface area contributed by atoms with Crippen molar-refractivity contribution in [2.45, 2.75) is 63.0 Å². The van der Waals surface area contributed by atoms with Gasteiger partial charge in [0, 0.05) is 29.2 Å². The average molecular weight is 407 g/mol. The molecule has 0 aliphatic rings. The molecule has 0 spiro atoms. The molecule has 0 fully saturated rings. The number of hydrogen-bond acceptors (Lipinski definition) is 6. The van der Waals surface area contributed by atoms with Gasteiger partial charge >= 0.3 is 5.97 Å². The molecular formula is C19H26N4O4S. The van der Waals surface area contributed by atoms with Crippen molar-refractivity contribution in [3.05, 3.63) is 40.8 Å². The summed E-state index contributed by atoms with van der Waals surface area (Å²) in [5, 5.41) is 5.76. The summed E-state index contributed by atoms with van der Waals surface area (Å²) < 4.78 is 5.34. The topological polar surface area (TPSA) is 121 Å². The quantitative estimate of drug-likeness (QED) is 0.157. The van der Waals surface area contributed by atoms with Crippen LogP contribution in [0.3, 0.4) is 0 Å².